The number of nitrogens with zero attached hydrogens (tertiary/aromatic N) is 4. The molecule has 66 heavy (non-hydrogen) atoms. The average molecular weight is 851 g/mol. The lowest BCUT2D eigenvalue weighted by Crippen LogP contribution is -2.10. The number of unbranched alkanes of at least 4 members (excludes halogenated alkanes) is 2. The molecule has 318 valence electrons. The molecule has 0 saturated heterocycles. The van der Waals surface area contributed by atoms with Gasteiger partial charge in [0.1, 0.15) is 0 Å². The van der Waals surface area contributed by atoms with E-state index in [0.717, 1.165) is 35.6 Å². The van der Waals surface area contributed by atoms with Crippen molar-refractivity contribution >= 4 is 110 Å². The predicted molar refractivity (Wildman–Crippen MR) is 282 cm³/mol. The lowest BCUT2D eigenvalue weighted by atomic mass is 10.00. The molecule has 0 amide bonds. The van der Waals surface area contributed by atoms with Gasteiger partial charge < -0.3 is 18.6 Å². The van der Waals surface area contributed by atoms with E-state index in [1.54, 1.807) is 0 Å². The molecule has 4 heteroatoms. The zero-order valence-corrected chi connectivity index (χ0v) is 37.5. The summed E-state index contributed by atoms with van der Waals surface area (Å²) in [7, 11) is 0. The van der Waals surface area contributed by atoms with E-state index in [9.17, 15) is 0 Å². The van der Waals surface area contributed by atoms with Crippen LogP contribution >= 0.6 is 0 Å². The molecule has 4 nitrogen and oxygen atoms in total. The number of hydrogen-bond donors (Lipinski definition) is 0. The van der Waals surface area contributed by atoms with Crippen LogP contribution in [-0.2, 0) is 12.8 Å². The minimum absolute atomic E-state index is 1.07. The zero-order chi connectivity index (χ0) is 43.9. The number of anilines is 6. The van der Waals surface area contributed by atoms with Crippen molar-refractivity contribution in [1.82, 2.24) is 8.80 Å². The number of para-hydroxylation sites is 4. The first kappa shape index (κ1) is 38.6. The van der Waals surface area contributed by atoms with Gasteiger partial charge in [0.15, 0.2) is 0 Å². The normalized spacial score (nSPS) is 12.2. The molecule has 0 N–H and O–H groups in total. The average Bonchev–Trinajstić information content (AvgIpc) is 4.09. The van der Waals surface area contributed by atoms with Gasteiger partial charge in [0.05, 0.1) is 44.5 Å². The Hall–Kier alpha value is -7.82. The topological polar surface area (TPSA) is 15.3 Å². The van der Waals surface area contributed by atoms with Gasteiger partial charge in [-0.05, 0) is 134 Å². The van der Waals surface area contributed by atoms with E-state index in [-0.39, 0.29) is 0 Å². The molecule has 0 aliphatic rings. The van der Waals surface area contributed by atoms with Crippen molar-refractivity contribution in [3.8, 4) is 0 Å². The van der Waals surface area contributed by atoms with Crippen LogP contribution in [0.1, 0.15) is 50.7 Å². The molecule has 0 atom stereocenters. The standard InChI is InChI=1S/C62H50N4/c1-3-5-19-41-29-33-53-51(37-41)59-55(63(43-21-11-7-12-22-43)44-23-13-8-14-24-44)35-31-47-49-40-58-50(39-57(49)65(53)61(47)59)48-32-36-56(64(45-25-15-9-16-26-45)46-27-17-10-18-28-46)60-52-38-42(20-6-4-2)30-34-54(52)66(58)62(48)60/h7-18,21-40H,3-6,19-20H2,1-2H3. The highest BCUT2D eigenvalue weighted by molar-refractivity contribution is 6.32. The van der Waals surface area contributed by atoms with E-state index < -0.39 is 0 Å². The summed E-state index contributed by atoms with van der Waals surface area (Å²) in [5.74, 6) is 0. The van der Waals surface area contributed by atoms with Gasteiger partial charge in [0.25, 0.3) is 0 Å². The fraction of sp³-hybridized carbons (Fsp3) is 0.129. The van der Waals surface area contributed by atoms with Crippen LogP contribution < -0.4 is 9.80 Å². The van der Waals surface area contributed by atoms with Crippen LogP contribution in [0, 0.1) is 0 Å². The van der Waals surface area contributed by atoms with E-state index in [2.05, 4.69) is 227 Å². The van der Waals surface area contributed by atoms with E-state index in [1.165, 1.54) is 124 Å². The largest absolute Gasteiger partial charge is 0.310 e. The summed E-state index contributed by atoms with van der Waals surface area (Å²) in [6.45, 7) is 4.57. The molecular weight excluding hydrogens is 801 g/mol. The van der Waals surface area contributed by atoms with Gasteiger partial charge in [-0.25, -0.2) is 0 Å². The smallest absolute Gasteiger partial charge is 0.0641 e. The SMILES string of the molecule is CCCCc1ccc2c(c1)c1c(N(c3ccccc3)c3ccccc3)ccc3c4cc5c(cc4n2c31)c1ccc(N(c2ccccc2)c2ccccc2)c2c3cc(CCCC)ccc3n5c12. The lowest BCUT2D eigenvalue weighted by Gasteiger charge is -2.26. The van der Waals surface area contributed by atoms with Crippen LogP contribution in [0.5, 0.6) is 0 Å². The monoisotopic (exact) mass is 850 g/mol. The highest BCUT2D eigenvalue weighted by Crippen LogP contribution is 2.51. The third-order valence-corrected chi connectivity index (χ3v) is 14.3. The second-order valence-corrected chi connectivity index (χ2v) is 18.2. The number of benzene rings is 9. The maximum absolute atomic E-state index is 2.58. The molecule has 0 radical (unpaired) electrons. The highest BCUT2D eigenvalue weighted by atomic mass is 15.2. The van der Waals surface area contributed by atoms with Crippen molar-refractivity contribution in [2.75, 3.05) is 9.80 Å². The minimum Gasteiger partial charge on any atom is -0.310 e. The summed E-state index contributed by atoms with van der Waals surface area (Å²) < 4.78 is 5.17. The van der Waals surface area contributed by atoms with E-state index in [4.69, 9.17) is 0 Å². The Morgan fingerprint density at radius 3 is 1.05 bits per heavy atom. The fourth-order valence-corrected chi connectivity index (χ4v) is 11.3. The molecule has 0 saturated carbocycles. The van der Waals surface area contributed by atoms with Gasteiger partial charge in [0.2, 0.25) is 0 Å². The van der Waals surface area contributed by atoms with Crippen LogP contribution in [0.25, 0.3) is 76.2 Å². The quantitative estimate of drug-likeness (QED) is 0.122. The van der Waals surface area contributed by atoms with Gasteiger partial charge >= 0.3 is 0 Å². The van der Waals surface area contributed by atoms with Crippen LogP contribution in [0.2, 0.25) is 0 Å². The molecule has 4 heterocycles. The Bertz CT molecular complexity index is 3550. The van der Waals surface area contributed by atoms with Crippen molar-refractivity contribution in [2.24, 2.45) is 0 Å². The molecule has 0 aliphatic heterocycles. The second kappa shape index (κ2) is 15.4. The molecule has 13 rings (SSSR count). The number of rotatable bonds is 12. The summed E-state index contributed by atoms with van der Waals surface area (Å²) in [6.07, 6.45) is 6.84. The molecule has 9 aromatic carbocycles. The predicted octanol–water partition coefficient (Wildman–Crippen LogP) is 17.6. The van der Waals surface area contributed by atoms with Gasteiger partial charge in [-0.2, -0.15) is 0 Å². The van der Waals surface area contributed by atoms with Gasteiger partial charge in [-0.3, -0.25) is 0 Å². The molecule has 0 bridgehead atoms. The molecule has 0 aliphatic carbocycles. The van der Waals surface area contributed by atoms with Crippen LogP contribution in [0.4, 0.5) is 34.1 Å². The minimum atomic E-state index is 1.07. The van der Waals surface area contributed by atoms with Crippen molar-refractivity contribution in [2.45, 2.75) is 52.4 Å². The number of hydrogen-bond acceptors (Lipinski definition) is 2. The van der Waals surface area contributed by atoms with Crippen molar-refractivity contribution < 1.29 is 0 Å². The fourth-order valence-electron chi connectivity index (χ4n) is 11.3. The van der Waals surface area contributed by atoms with Gasteiger partial charge in [-0.15, -0.1) is 0 Å². The number of aromatic nitrogens is 2. The summed E-state index contributed by atoms with van der Waals surface area (Å²) >= 11 is 0. The van der Waals surface area contributed by atoms with Crippen LogP contribution in [-0.4, -0.2) is 8.80 Å². The Morgan fingerprint density at radius 1 is 0.333 bits per heavy atom. The Labute approximate surface area is 384 Å². The maximum Gasteiger partial charge on any atom is 0.0641 e. The van der Waals surface area contributed by atoms with E-state index in [1.807, 2.05) is 0 Å². The Kier molecular flexibility index (Phi) is 9.02. The molecule has 0 spiro atoms. The second-order valence-electron chi connectivity index (χ2n) is 18.2. The zero-order valence-electron chi connectivity index (χ0n) is 37.5. The lowest BCUT2D eigenvalue weighted by molar-refractivity contribution is 0.796. The van der Waals surface area contributed by atoms with Crippen molar-refractivity contribution in [1.29, 1.82) is 0 Å². The third-order valence-electron chi connectivity index (χ3n) is 14.3. The molecule has 13 aromatic rings. The number of aryl methyl sites for hydroxylation is 2. The first-order valence-electron chi connectivity index (χ1n) is 23.9. The molecule has 0 unspecified atom stereocenters. The molecular formula is C62H50N4. The first-order valence-corrected chi connectivity index (χ1v) is 23.9. The van der Waals surface area contributed by atoms with E-state index >= 15 is 0 Å². The van der Waals surface area contributed by atoms with Crippen LogP contribution in [0.15, 0.2) is 194 Å². The van der Waals surface area contributed by atoms with E-state index in [0.29, 0.717) is 0 Å². The summed E-state index contributed by atoms with van der Waals surface area (Å²) in [4.78, 5) is 4.90. The maximum atomic E-state index is 2.58. The van der Waals surface area contributed by atoms with Crippen LogP contribution in [0.3, 0.4) is 0 Å². The first-order chi connectivity index (χ1) is 32.7. The number of fused-ring (bicyclic) bond motifs is 12. The summed E-state index contributed by atoms with van der Waals surface area (Å²) in [6, 6.07) is 72.5. The summed E-state index contributed by atoms with van der Waals surface area (Å²) in [5.41, 5.74) is 17.3. The summed E-state index contributed by atoms with van der Waals surface area (Å²) in [5, 5.41) is 10.3. The third kappa shape index (κ3) is 5.77. The Balaban J connectivity index is 1.14. The molecule has 4 aromatic heterocycles. The Morgan fingerprint density at radius 2 is 0.697 bits per heavy atom. The van der Waals surface area contributed by atoms with Gasteiger partial charge in [0, 0.05) is 65.8 Å². The van der Waals surface area contributed by atoms with Gasteiger partial charge in [-0.1, -0.05) is 124 Å². The van der Waals surface area contributed by atoms with Crippen molar-refractivity contribution in [3.05, 3.63) is 205 Å². The van der Waals surface area contributed by atoms with Crippen molar-refractivity contribution in [3.63, 3.8) is 0 Å². The highest BCUT2D eigenvalue weighted by Gasteiger charge is 2.28. The molecule has 0 fully saturated rings.